The number of esters is 1. The number of hydrogen-bond donors (Lipinski definition) is 0. The van der Waals surface area contributed by atoms with Crippen LogP contribution in [0.3, 0.4) is 0 Å². The van der Waals surface area contributed by atoms with E-state index in [-0.39, 0.29) is 11.4 Å². The van der Waals surface area contributed by atoms with Gasteiger partial charge in [0.25, 0.3) is 0 Å². The highest BCUT2D eigenvalue weighted by Gasteiger charge is 2.42. The highest BCUT2D eigenvalue weighted by Crippen LogP contribution is 2.49. The maximum Gasteiger partial charge on any atom is 0.333 e. The van der Waals surface area contributed by atoms with Crippen molar-refractivity contribution in [2.24, 2.45) is 11.3 Å². The van der Waals surface area contributed by atoms with Gasteiger partial charge in [-0.05, 0) is 63.7 Å². The molecule has 0 unspecified atom stereocenters. The fraction of sp³-hybridized carbons (Fsp3) is 0.632. The zero-order valence-electron chi connectivity index (χ0n) is 13.9. The zero-order chi connectivity index (χ0) is 15.5. The second-order valence-electron chi connectivity index (χ2n) is 6.94. The Bertz CT molecular complexity index is 496. The van der Waals surface area contributed by atoms with Crippen molar-refractivity contribution < 1.29 is 9.53 Å². The largest absolute Gasteiger partial charge is 0.466 e. The molecule has 0 saturated carbocycles. The summed E-state index contributed by atoms with van der Waals surface area (Å²) in [5, 5.41) is 0. The molecule has 0 heterocycles. The van der Waals surface area contributed by atoms with Gasteiger partial charge in [0, 0.05) is 5.57 Å². The smallest absolute Gasteiger partial charge is 0.333 e. The second-order valence-corrected chi connectivity index (χ2v) is 6.94. The first-order valence-corrected chi connectivity index (χ1v) is 8.06. The molecule has 0 N–H and O–H groups in total. The van der Waals surface area contributed by atoms with Crippen LogP contribution >= 0.6 is 0 Å². The van der Waals surface area contributed by atoms with Crippen molar-refractivity contribution in [3.05, 3.63) is 34.9 Å². The van der Waals surface area contributed by atoms with Crippen LogP contribution < -0.4 is 0 Å². The van der Waals surface area contributed by atoms with E-state index >= 15 is 0 Å². The predicted molar refractivity (Wildman–Crippen MR) is 86.9 cm³/mol. The van der Waals surface area contributed by atoms with E-state index in [0.29, 0.717) is 5.92 Å². The lowest BCUT2D eigenvalue weighted by molar-refractivity contribution is -0.137. The van der Waals surface area contributed by atoms with Crippen molar-refractivity contribution in [2.75, 3.05) is 7.11 Å². The Morgan fingerprint density at radius 1 is 1.14 bits per heavy atom. The van der Waals surface area contributed by atoms with Crippen LogP contribution in [0.2, 0.25) is 0 Å². The number of rotatable bonds is 1. The van der Waals surface area contributed by atoms with Crippen molar-refractivity contribution in [2.45, 2.75) is 59.3 Å². The van der Waals surface area contributed by atoms with Crippen LogP contribution in [0.1, 0.15) is 59.3 Å². The minimum absolute atomic E-state index is 0.138. The number of carbonyl (C=O) groups excluding carboxylic acids is 1. The maximum atomic E-state index is 12.1. The first kappa shape index (κ1) is 16.1. The third kappa shape index (κ3) is 3.66. The summed E-state index contributed by atoms with van der Waals surface area (Å²) in [6.45, 7) is 6.76. The number of methoxy groups -OCH3 is 1. The summed E-state index contributed by atoms with van der Waals surface area (Å²) in [5.74, 6) is 0.177. The first-order chi connectivity index (χ1) is 9.96. The molecule has 0 aromatic heterocycles. The summed E-state index contributed by atoms with van der Waals surface area (Å²) in [7, 11) is 1.49. The Morgan fingerprint density at radius 3 is 2.52 bits per heavy atom. The van der Waals surface area contributed by atoms with Gasteiger partial charge >= 0.3 is 5.97 Å². The minimum atomic E-state index is -0.138. The van der Waals surface area contributed by atoms with Gasteiger partial charge in [-0.1, -0.05) is 36.3 Å². The molecule has 0 spiro atoms. The number of ether oxygens (including phenoxy) is 1. The monoisotopic (exact) mass is 288 g/mol. The number of carbonyl (C=O) groups is 1. The Morgan fingerprint density at radius 2 is 1.81 bits per heavy atom. The van der Waals surface area contributed by atoms with Gasteiger partial charge in [-0.2, -0.15) is 0 Å². The van der Waals surface area contributed by atoms with Crippen LogP contribution in [-0.2, 0) is 9.53 Å². The normalized spacial score (nSPS) is 35.4. The van der Waals surface area contributed by atoms with Gasteiger partial charge in [0.2, 0.25) is 0 Å². The second kappa shape index (κ2) is 6.64. The van der Waals surface area contributed by atoms with Gasteiger partial charge in [0.1, 0.15) is 0 Å². The first-order valence-electron chi connectivity index (χ1n) is 8.06. The third-order valence-electron chi connectivity index (χ3n) is 5.20. The van der Waals surface area contributed by atoms with E-state index in [0.717, 1.165) is 44.1 Å². The average molecular weight is 288 g/mol. The number of fused-ring (bicyclic) bond motifs is 1. The Labute approximate surface area is 129 Å². The molecule has 0 radical (unpaired) electrons. The molecule has 0 amide bonds. The average Bonchev–Trinajstić information content (AvgIpc) is 2.78. The highest BCUT2D eigenvalue weighted by molar-refractivity contribution is 5.89. The molecule has 0 fully saturated rings. The molecule has 2 atom stereocenters. The fourth-order valence-electron chi connectivity index (χ4n) is 3.61. The fourth-order valence-corrected chi connectivity index (χ4v) is 3.61. The summed E-state index contributed by atoms with van der Waals surface area (Å²) in [6.07, 6.45) is 13.3. The van der Waals surface area contributed by atoms with Crippen LogP contribution in [0, 0.1) is 11.3 Å². The van der Waals surface area contributed by atoms with E-state index in [1.54, 1.807) is 0 Å². The topological polar surface area (TPSA) is 26.3 Å². The van der Waals surface area contributed by atoms with Crippen molar-refractivity contribution >= 4 is 5.97 Å². The lowest BCUT2D eigenvalue weighted by atomic mass is 9.71. The van der Waals surface area contributed by atoms with Crippen LogP contribution in [0.15, 0.2) is 34.9 Å². The molecule has 2 heteroatoms. The van der Waals surface area contributed by atoms with Crippen LogP contribution in [0.4, 0.5) is 0 Å². The van der Waals surface area contributed by atoms with Crippen LogP contribution in [0.25, 0.3) is 0 Å². The Kier molecular flexibility index (Phi) is 5.08. The van der Waals surface area contributed by atoms with Gasteiger partial charge in [-0.15, -0.1) is 0 Å². The van der Waals surface area contributed by atoms with E-state index in [9.17, 15) is 4.79 Å². The Balaban J connectivity index is 2.28. The van der Waals surface area contributed by atoms with Gasteiger partial charge in [0.05, 0.1) is 7.11 Å². The highest BCUT2D eigenvalue weighted by atomic mass is 16.5. The summed E-state index contributed by atoms with van der Waals surface area (Å²) in [6, 6.07) is 0. The molecule has 2 rings (SSSR count). The van der Waals surface area contributed by atoms with E-state index in [2.05, 4.69) is 39.0 Å². The van der Waals surface area contributed by atoms with Crippen LogP contribution in [0.5, 0.6) is 0 Å². The SMILES string of the molecule is COC(=O)C1=CC[C@@]2(C)C/C=C(/C)CC/C=C(/C)CC[C@H]12. The zero-order valence-corrected chi connectivity index (χ0v) is 13.9. The molecular formula is C19H28O2. The lowest BCUT2D eigenvalue weighted by Crippen LogP contribution is -2.26. The quantitative estimate of drug-likeness (QED) is 0.503. The van der Waals surface area contributed by atoms with Gasteiger partial charge in [-0.25, -0.2) is 4.79 Å². The predicted octanol–water partition coefficient (Wildman–Crippen LogP) is 4.97. The molecule has 116 valence electrons. The molecule has 0 bridgehead atoms. The van der Waals surface area contributed by atoms with Gasteiger partial charge in [-0.3, -0.25) is 0 Å². The summed E-state index contributed by atoms with van der Waals surface area (Å²) < 4.78 is 4.99. The summed E-state index contributed by atoms with van der Waals surface area (Å²) >= 11 is 0. The van der Waals surface area contributed by atoms with Crippen LogP contribution in [-0.4, -0.2) is 13.1 Å². The molecule has 2 aliphatic carbocycles. The summed E-state index contributed by atoms with van der Waals surface area (Å²) in [5.41, 5.74) is 3.98. The number of hydrogen-bond acceptors (Lipinski definition) is 2. The van der Waals surface area contributed by atoms with E-state index in [4.69, 9.17) is 4.74 Å². The van der Waals surface area contributed by atoms with Crippen molar-refractivity contribution in [1.82, 2.24) is 0 Å². The number of allylic oxidation sites excluding steroid dienone is 5. The molecule has 0 saturated heterocycles. The van der Waals surface area contributed by atoms with Crippen molar-refractivity contribution in [1.29, 1.82) is 0 Å². The third-order valence-corrected chi connectivity index (χ3v) is 5.20. The van der Waals surface area contributed by atoms with E-state index < -0.39 is 0 Å². The molecule has 0 aromatic rings. The standard InChI is InChI=1S/C19H28O2/c1-14-6-5-7-15(2)10-12-19(3)13-11-16(18(20)21-4)17(19)9-8-14/h6,10-11,17H,5,7-9,12-13H2,1-4H3/b14-6-,15-10-/t17-,19-/m1/s1. The van der Waals surface area contributed by atoms with Gasteiger partial charge < -0.3 is 4.74 Å². The molecule has 0 aromatic carbocycles. The van der Waals surface area contributed by atoms with Crippen molar-refractivity contribution in [3.8, 4) is 0 Å². The minimum Gasteiger partial charge on any atom is -0.466 e. The van der Waals surface area contributed by atoms with Gasteiger partial charge in [0.15, 0.2) is 0 Å². The molecule has 2 nitrogen and oxygen atoms in total. The molecule has 21 heavy (non-hydrogen) atoms. The van der Waals surface area contributed by atoms with Crippen molar-refractivity contribution in [3.63, 3.8) is 0 Å². The molecule has 2 aliphatic rings. The lowest BCUT2D eigenvalue weighted by Gasteiger charge is -2.32. The van der Waals surface area contributed by atoms with E-state index in [1.165, 1.54) is 18.3 Å². The summed E-state index contributed by atoms with van der Waals surface area (Å²) in [4.78, 5) is 12.1. The van der Waals surface area contributed by atoms with E-state index in [1.807, 2.05) is 0 Å². The Hall–Kier alpha value is -1.31. The molecule has 0 aliphatic heterocycles. The maximum absolute atomic E-state index is 12.1. The molecular weight excluding hydrogens is 260 g/mol.